The quantitative estimate of drug-likeness (QED) is 0.775. The molecule has 1 aromatic carbocycles. The van der Waals surface area contributed by atoms with Crippen LogP contribution in [0.2, 0.25) is 0 Å². The van der Waals surface area contributed by atoms with Gasteiger partial charge in [-0.15, -0.1) is 0 Å². The van der Waals surface area contributed by atoms with E-state index in [9.17, 15) is 9.59 Å². The molecule has 0 aromatic heterocycles. The van der Waals surface area contributed by atoms with Crippen molar-refractivity contribution in [1.82, 2.24) is 20.0 Å². The van der Waals surface area contributed by atoms with Crippen LogP contribution in [0.1, 0.15) is 43.7 Å². The number of hydrogen-bond acceptors (Lipinski definition) is 4. The Balaban J connectivity index is 1.34. The first-order chi connectivity index (χ1) is 13.5. The summed E-state index contributed by atoms with van der Waals surface area (Å²) >= 11 is 0. The molecule has 2 heterocycles. The van der Waals surface area contributed by atoms with Crippen molar-refractivity contribution in [3.05, 3.63) is 35.4 Å². The molecule has 0 unspecified atom stereocenters. The topological polar surface area (TPSA) is 55.9 Å². The molecule has 0 atom stereocenters. The Kier molecular flexibility index (Phi) is 7.45. The number of rotatable bonds is 7. The van der Waals surface area contributed by atoms with Crippen LogP contribution >= 0.6 is 0 Å². The van der Waals surface area contributed by atoms with Gasteiger partial charge in [0.25, 0.3) is 0 Å². The molecule has 154 valence electrons. The summed E-state index contributed by atoms with van der Waals surface area (Å²) in [5.74, 6) is 0.554. The zero-order chi connectivity index (χ0) is 19.9. The minimum absolute atomic E-state index is 0.0409. The Labute approximate surface area is 168 Å². The lowest BCUT2D eigenvalue weighted by molar-refractivity contribution is -0.132. The van der Waals surface area contributed by atoms with Crippen molar-refractivity contribution < 1.29 is 9.59 Å². The van der Waals surface area contributed by atoms with Gasteiger partial charge in [0.1, 0.15) is 0 Å². The zero-order valence-electron chi connectivity index (χ0n) is 17.3. The summed E-state index contributed by atoms with van der Waals surface area (Å²) in [7, 11) is 0. The van der Waals surface area contributed by atoms with Crippen molar-refractivity contribution in [3.8, 4) is 0 Å². The van der Waals surface area contributed by atoms with Crippen molar-refractivity contribution in [1.29, 1.82) is 0 Å². The van der Waals surface area contributed by atoms with Gasteiger partial charge in [-0.25, -0.2) is 0 Å². The molecule has 0 bridgehead atoms. The van der Waals surface area contributed by atoms with E-state index in [0.29, 0.717) is 12.5 Å². The highest BCUT2D eigenvalue weighted by Gasteiger charge is 2.21. The third kappa shape index (κ3) is 6.04. The van der Waals surface area contributed by atoms with Crippen LogP contribution in [0.25, 0.3) is 0 Å². The smallest absolute Gasteiger partial charge is 0.241 e. The molecule has 0 radical (unpaired) electrons. The van der Waals surface area contributed by atoms with Gasteiger partial charge in [-0.2, -0.15) is 0 Å². The van der Waals surface area contributed by atoms with Crippen molar-refractivity contribution in [2.24, 2.45) is 0 Å². The average Bonchev–Trinajstić information content (AvgIpc) is 3.23. The highest BCUT2D eigenvalue weighted by Crippen LogP contribution is 2.16. The highest BCUT2D eigenvalue weighted by molar-refractivity contribution is 5.85. The number of hydrogen-bond donors (Lipinski definition) is 1. The van der Waals surface area contributed by atoms with E-state index < -0.39 is 0 Å². The third-order valence-corrected chi connectivity index (χ3v) is 5.78. The Morgan fingerprint density at radius 3 is 2.14 bits per heavy atom. The van der Waals surface area contributed by atoms with Gasteiger partial charge in [-0.3, -0.25) is 19.4 Å². The molecule has 1 N–H and O–H groups in total. The summed E-state index contributed by atoms with van der Waals surface area (Å²) in [6.45, 7) is 11.3. The van der Waals surface area contributed by atoms with Crippen LogP contribution in [0.4, 0.5) is 0 Å². The standard InChI is InChI=1S/C22H34N4O2/c1-18(2)20-7-5-19(6-8-20)16-24-11-13-25(14-12-24)17-21(27)23-15-22(28)26-9-3-4-10-26/h5-8,18H,3-4,9-17H2,1-2H3,(H,23,27). The van der Waals surface area contributed by atoms with Crippen LogP contribution in [0.15, 0.2) is 24.3 Å². The minimum Gasteiger partial charge on any atom is -0.346 e. The van der Waals surface area contributed by atoms with Gasteiger partial charge >= 0.3 is 0 Å². The number of amides is 2. The van der Waals surface area contributed by atoms with Crippen molar-refractivity contribution >= 4 is 11.8 Å². The number of nitrogens with one attached hydrogen (secondary N) is 1. The summed E-state index contributed by atoms with van der Waals surface area (Å²) in [6, 6.07) is 8.91. The van der Waals surface area contributed by atoms with Gasteiger partial charge in [0.2, 0.25) is 11.8 Å². The summed E-state index contributed by atoms with van der Waals surface area (Å²) in [5, 5.41) is 2.79. The van der Waals surface area contributed by atoms with Gasteiger partial charge in [0, 0.05) is 45.8 Å². The fraction of sp³-hybridized carbons (Fsp3) is 0.636. The van der Waals surface area contributed by atoms with Crippen molar-refractivity contribution in [2.75, 3.05) is 52.4 Å². The number of benzene rings is 1. The lowest BCUT2D eigenvalue weighted by atomic mass is 10.0. The number of likely N-dealkylation sites (tertiary alicyclic amines) is 1. The molecule has 3 rings (SSSR count). The zero-order valence-corrected chi connectivity index (χ0v) is 17.3. The number of piperazine rings is 1. The lowest BCUT2D eigenvalue weighted by Gasteiger charge is -2.34. The highest BCUT2D eigenvalue weighted by atomic mass is 16.2. The lowest BCUT2D eigenvalue weighted by Crippen LogP contribution is -2.50. The SMILES string of the molecule is CC(C)c1ccc(CN2CCN(CC(=O)NCC(=O)N3CCCC3)CC2)cc1. The molecule has 0 aliphatic carbocycles. The van der Waals surface area contributed by atoms with Crippen LogP contribution in [0.3, 0.4) is 0 Å². The molecule has 2 aliphatic rings. The third-order valence-electron chi connectivity index (χ3n) is 5.78. The predicted octanol–water partition coefficient (Wildman–Crippen LogP) is 1.67. The Hall–Kier alpha value is -1.92. The van der Waals surface area contributed by atoms with Crippen molar-refractivity contribution in [2.45, 2.75) is 39.2 Å². The molecule has 0 saturated carbocycles. The second-order valence-electron chi connectivity index (χ2n) is 8.31. The molecule has 2 amide bonds. The van der Waals surface area contributed by atoms with E-state index in [2.05, 4.69) is 53.2 Å². The van der Waals surface area contributed by atoms with E-state index >= 15 is 0 Å². The van der Waals surface area contributed by atoms with Crippen LogP contribution in [0.5, 0.6) is 0 Å². The van der Waals surface area contributed by atoms with E-state index in [1.54, 1.807) is 0 Å². The monoisotopic (exact) mass is 386 g/mol. The maximum absolute atomic E-state index is 12.2. The van der Waals surface area contributed by atoms with E-state index in [4.69, 9.17) is 0 Å². The van der Waals surface area contributed by atoms with Gasteiger partial charge in [-0.05, 0) is 29.9 Å². The Bertz CT molecular complexity index is 645. The largest absolute Gasteiger partial charge is 0.346 e. The van der Waals surface area contributed by atoms with E-state index in [1.165, 1.54) is 11.1 Å². The number of carbonyl (C=O) groups excluding carboxylic acids is 2. The van der Waals surface area contributed by atoms with Gasteiger partial charge in [-0.1, -0.05) is 38.1 Å². The fourth-order valence-electron chi connectivity index (χ4n) is 3.88. The molecule has 2 aliphatic heterocycles. The van der Waals surface area contributed by atoms with Gasteiger partial charge in [0.15, 0.2) is 0 Å². The first-order valence-electron chi connectivity index (χ1n) is 10.6. The van der Waals surface area contributed by atoms with Crippen LogP contribution < -0.4 is 5.32 Å². The maximum Gasteiger partial charge on any atom is 0.241 e. The molecular weight excluding hydrogens is 352 g/mol. The van der Waals surface area contributed by atoms with Crippen LogP contribution in [-0.2, 0) is 16.1 Å². The molecule has 2 saturated heterocycles. The maximum atomic E-state index is 12.2. The first-order valence-corrected chi connectivity index (χ1v) is 10.6. The second-order valence-corrected chi connectivity index (χ2v) is 8.31. The first kappa shape index (κ1) is 20.8. The van der Waals surface area contributed by atoms with Crippen LogP contribution in [-0.4, -0.2) is 78.9 Å². The minimum atomic E-state index is -0.0507. The summed E-state index contributed by atoms with van der Waals surface area (Å²) < 4.78 is 0. The summed E-state index contributed by atoms with van der Waals surface area (Å²) in [6.07, 6.45) is 2.15. The second kappa shape index (κ2) is 10.0. The molecule has 6 heteroatoms. The van der Waals surface area contributed by atoms with Crippen molar-refractivity contribution in [3.63, 3.8) is 0 Å². The predicted molar refractivity (Wildman–Crippen MR) is 111 cm³/mol. The Morgan fingerprint density at radius 1 is 0.929 bits per heavy atom. The number of nitrogens with zero attached hydrogens (tertiary/aromatic N) is 3. The summed E-state index contributed by atoms with van der Waals surface area (Å²) in [4.78, 5) is 30.6. The van der Waals surface area contributed by atoms with Gasteiger partial charge in [0.05, 0.1) is 13.1 Å². The Morgan fingerprint density at radius 2 is 1.54 bits per heavy atom. The molecule has 1 aromatic rings. The fourth-order valence-corrected chi connectivity index (χ4v) is 3.88. The van der Waals surface area contributed by atoms with Crippen LogP contribution in [0, 0.1) is 0 Å². The molecule has 0 spiro atoms. The molecule has 6 nitrogen and oxygen atoms in total. The van der Waals surface area contributed by atoms with E-state index in [0.717, 1.165) is 58.7 Å². The summed E-state index contributed by atoms with van der Waals surface area (Å²) in [5.41, 5.74) is 2.72. The normalized spacial score (nSPS) is 18.6. The van der Waals surface area contributed by atoms with E-state index in [-0.39, 0.29) is 18.4 Å². The number of carbonyl (C=O) groups is 2. The average molecular weight is 387 g/mol. The van der Waals surface area contributed by atoms with E-state index in [1.807, 2.05) is 4.90 Å². The molecule has 28 heavy (non-hydrogen) atoms. The molecule has 2 fully saturated rings. The molecular formula is C22H34N4O2. The van der Waals surface area contributed by atoms with Gasteiger partial charge < -0.3 is 10.2 Å².